The molecular formula is C14H18N2OS. The Balaban J connectivity index is 2.45. The Kier molecular flexibility index (Phi) is 6.31. The number of benzene rings is 1. The van der Waals surface area contributed by atoms with Crippen LogP contribution in [-0.4, -0.2) is 16.9 Å². The first kappa shape index (κ1) is 14.6. The summed E-state index contributed by atoms with van der Waals surface area (Å²) in [6.45, 7) is 3.96. The summed E-state index contributed by atoms with van der Waals surface area (Å²) in [6, 6.07) is 9.95. The quantitative estimate of drug-likeness (QED) is 0.801. The van der Waals surface area contributed by atoms with Gasteiger partial charge in [0, 0.05) is 17.9 Å². The average Bonchev–Trinajstić information content (AvgIpc) is 2.39. The second kappa shape index (κ2) is 7.78. The van der Waals surface area contributed by atoms with Crippen LogP contribution in [-0.2, 0) is 11.2 Å². The van der Waals surface area contributed by atoms with Gasteiger partial charge in [-0.2, -0.15) is 5.26 Å². The third-order valence-corrected chi connectivity index (χ3v) is 3.73. The van der Waals surface area contributed by atoms with Crippen LogP contribution >= 0.6 is 11.8 Å². The van der Waals surface area contributed by atoms with Crippen LogP contribution in [0.1, 0.15) is 25.8 Å². The molecule has 1 N–H and O–H groups in total. The number of hydrogen-bond donors (Lipinski definition) is 1. The van der Waals surface area contributed by atoms with Crippen molar-refractivity contribution in [3.63, 3.8) is 0 Å². The molecule has 0 heterocycles. The maximum atomic E-state index is 11.8. The third kappa shape index (κ3) is 4.80. The molecule has 18 heavy (non-hydrogen) atoms. The van der Waals surface area contributed by atoms with Gasteiger partial charge in [-0.25, -0.2) is 0 Å². The van der Waals surface area contributed by atoms with E-state index in [1.807, 2.05) is 31.2 Å². The van der Waals surface area contributed by atoms with Crippen molar-refractivity contribution >= 4 is 23.4 Å². The van der Waals surface area contributed by atoms with Gasteiger partial charge in [0.1, 0.15) is 0 Å². The smallest absolute Gasteiger partial charge is 0.237 e. The number of nitrogens with one attached hydrogen (secondary N) is 1. The number of carbonyl (C=O) groups is 1. The highest BCUT2D eigenvalue weighted by molar-refractivity contribution is 8.00. The molecule has 0 aliphatic carbocycles. The van der Waals surface area contributed by atoms with Crippen molar-refractivity contribution in [3.8, 4) is 6.07 Å². The highest BCUT2D eigenvalue weighted by atomic mass is 32.2. The summed E-state index contributed by atoms with van der Waals surface area (Å²) in [4.78, 5) is 11.8. The lowest BCUT2D eigenvalue weighted by Gasteiger charge is -2.11. The zero-order valence-corrected chi connectivity index (χ0v) is 11.6. The van der Waals surface area contributed by atoms with E-state index in [1.165, 1.54) is 17.3 Å². The number of thioether (sulfide) groups is 1. The minimum atomic E-state index is -0.135. The lowest BCUT2D eigenvalue weighted by Crippen LogP contribution is -2.22. The van der Waals surface area contributed by atoms with E-state index in [4.69, 9.17) is 5.26 Å². The maximum absolute atomic E-state index is 11.8. The Hall–Kier alpha value is -1.47. The Morgan fingerprint density at radius 2 is 2.11 bits per heavy atom. The minimum Gasteiger partial charge on any atom is -0.325 e. The van der Waals surface area contributed by atoms with Crippen LogP contribution in [0.4, 0.5) is 5.69 Å². The van der Waals surface area contributed by atoms with Crippen molar-refractivity contribution in [2.24, 2.45) is 0 Å². The topological polar surface area (TPSA) is 52.9 Å². The molecule has 0 bridgehead atoms. The summed E-state index contributed by atoms with van der Waals surface area (Å²) < 4.78 is 0. The normalized spacial score (nSPS) is 11.6. The van der Waals surface area contributed by atoms with E-state index < -0.39 is 0 Å². The summed E-state index contributed by atoms with van der Waals surface area (Å²) in [7, 11) is 0. The summed E-state index contributed by atoms with van der Waals surface area (Å²) >= 11 is 1.50. The second-order valence-corrected chi connectivity index (χ2v) is 5.41. The van der Waals surface area contributed by atoms with E-state index in [0.717, 1.165) is 12.1 Å². The number of nitriles is 1. The summed E-state index contributed by atoms with van der Waals surface area (Å²) in [5.74, 6) is 0.682. The molecule has 3 nitrogen and oxygen atoms in total. The first-order chi connectivity index (χ1) is 8.67. The van der Waals surface area contributed by atoms with E-state index in [9.17, 15) is 4.79 Å². The van der Waals surface area contributed by atoms with E-state index >= 15 is 0 Å². The van der Waals surface area contributed by atoms with Crippen molar-refractivity contribution in [2.45, 2.75) is 31.9 Å². The molecule has 1 unspecified atom stereocenters. The molecule has 0 fully saturated rings. The van der Waals surface area contributed by atoms with Crippen molar-refractivity contribution in [1.29, 1.82) is 5.26 Å². The highest BCUT2D eigenvalue weighted by Gasteiger charge is 2.12. The molecule has 1 amide bonds. The Morgan fingerprint density at radius 1 is 1.44 bits per heavy atom. The zero-order valence-electron chi connectivity index (χ0n) is 10.8. The first-order valence-corrected chi connectivity index (χ1v) is 7.10. The standard InChI is InChI=1S/C14H18N2OS/c1-3-12-5-7-13(8-6-12)16-14(17)11(2)18-10-4-9-15/h5-8,11H,3-4,10H2,1-2H3,(H,16,17). The van der Waals surface area contributed by atoms with Gasteiger partial charge in [-0.05, 0) is 31.0 Å². The van der Waals surface area contributed by atoms with Gasteiger partial charge in [0.2, 0.25) is 5.91 Å². The van der Waals surface area contributed by atoms with Crippen LogP contribution in [0.15, 0.2) is 24.3 Å². The van der Waals surface area contributed by atoms with Gasteiger partial charge in [0.15, 0.2) is 0 Å². The molecule has 0 aliphatic rings. The number of carbonyl (C=O) groups excluding carboxylic acids is 1. The third-order valence-electron chi connectivity index (χ3n) is 2.58. The SMILES string of the molecule is CCc1ccc(NC(=O)C(C)SCCC#N)cc1. The molecular weight excluding hydrogens is 244 g/mol. The molecule has 1 atom stereocenters. The van der Waals surface area contributed by atoms with Crippen molar-refractivity contribution in [2.75, 3.05) is 11.1 Å². The van der Waals surface area contributed by atoms with Gasteiger partial charge in [0.05, 0.1) is 11.3 Å². The fraction of sp³-hybridized carbons (Fsp3) is 0.429. The number of aryl methyl sites for hydroxylation is 1. The molecule has 0 radical (unpaired) electrons. The zero-order chi connectivity index (χ0) is 13.4. The van der Waals surface area contributed by atoms with Crippen molar-refractivity contribution in [3.05, 3.63) is 29.8 Å². The summed E-state index contributed by atoms with van der Waals surface area (Å²) in [5.41, 5.74) is 2.08. The van der Waals surface area contributed by atoms with E-state index in [1.54, 1.807) is 0 Å². The van der Waals surface area contributed by atoms with Crippen molar-refractivity contribution in [1.82, 2.24) is 0 Å². The second-order valence-electron chi connectivity index (χ2n) is 3.96. The molecule has 1 rings (SSSR count). The van der Waals surface area contributed by atoms with Crippen LogP contribution < -0.4 is 5.32 Å². The minimum absolute atomic E-state index is 0.0119. The number of hydrogen-bond acceptors (Lipinski definition) is 3. The lowest BCUT2D eigenvalue weighted by atomic mass is 10.1. The van der Waals surface area contributed by atoms with E-state index in [2.05, 4.69) is 18.3 Å². The Labute approximate surface area is 113 Å². The van der Waals surface area contributed by atoms with Gasteiger partial charge in [-0.3, -0.25) is 4.79 Å². The van der Waals surface area contributed by atoms with Gasteiger partial charge < -0.3 is 5.32 Å². The number of anilines is 1. The van der Waals surface area contributed by atoms with Gasteiger partial charge in [0.25, 0.3) is 0 Å². The van der Waals surface area contributed by atoms with E-state index in [0.29, 0.717) is 12.2 Å². The predicted octanol–water partition coefficient (Wildman–Crippen LogP) is 3.22. The highest BCUT2D eigenvalue weighted by Crippen LogP contribution is 2.15. The average molecular weight is 262 g/mol. The molecule has 0 aliphatic heterocycles. The first-order valence-electron chi connectivity index (χ1n) is 6.05. The molecule has 0 saturated carbocycles. The molecule has 4 heteroatoms. The summed E-state index contributed by atoms with van der Waals surface area (Å²) in [6.07, 6.45) is 1.47. The number of amides is 1. The van der Waals surface area contributed by atoms with Crippen LogP contribution in [0, 0.1) is 11.3 Å². The summed E-state index contributed by atoms with van der Waals surface area (Å²) in [5, 5.41) is 11.2. The van der Waals surface area contributed by atoms with Gasteiger partial charge in [-0.1, -0.05) is 19.1 Å². The fourth-order valence-corrected chi connectivity index (χ4v) is 2.20. The lowest BCUT2D eigenvalue weighted by molar-refractivity contribution is -0.115. The molecule has 96 valence electrons. The van der Waals surface area contributed by atoms with E-state index in [-0.39, 0.29) is 11.2 Å². The van der Waals surface area contributed by atoms with Crippen LogP contribution in [0.2, 0.25) is 0 Å². The number of rotatable bonds is 6. The van der Waals surface area contributed by atoms with Crippen LogP contribution in [0.5, 0.6) is 0 Å². The number of nitrogens with zero attached hydrogens (tertiary/aromatic N) is 1. The Morgan fingerprint density at radius 3 is 2.67 bits per heavy atom. The largest absolute Gasteiger partial charge is 0.325 e. The molecule has 0 aromatic heterocycles. The fourth-order valence-electron chi connectivity index (χ4n) is 1.42. The Bertz CT molecular complexity index is 422. The van der Waals surface area contributed by atoms with Crippen LogP contribution in [0.3, 0.4) is 0 Å². The van der Waals surface area contributed by atoms with Crippen LogP contribution in [0.25, 0.3) is 0 Å². The molecule has 0 saturated heterocycles. The molecule has 1 aromatic carbocycles. The predicted molar refractivity (Wildman–Crippen MR) is 76.6 cm³/mol. The van der Waals surface area contributed by atoms with Crippen molar-refractivity contribution < 1.29 is 4.79 Å². The maximum Gasteiger partial charge on any atom is 0.237 e. The molecule has 0 spiro atoms. The molecule has 1 aromatic rings. The monoisotopic (exact) mass is 262 g/mol. The van der Waals surface area contributed by atoms with Gasteiger partial charge in [-0.15, -0.1) is 11.8 Å². The van der Waals surface area contributed by atoms with Gasteiger partial charge >= 0.3 is 0 Å².